The number of amides is 2. The van der Waals surface area contributed by atoms with Gasteiger partial charge in [-0.25, -0.2) is 9.78 Å². The van der Waals surface area contributed by atoms with Gasteiger partial charge in [0.05, 0.1) is 11.1 Å². The molecule has 0 saturated carbocycles. The molecule has 0 spiro atoms. The van der Waals surface area contributed by atoms with Gasteiger partial charge in [0.15, 0.2) is 0 Å². The van der Waals surface area contributed by atoms with Gasteiger partial charge >= 0.3 is 5.97 Å². The molecule has 1 fully saturated rings. The third-order valence-corrected chi connectivity index (χ3v) is 7.62. The van der Waals surface area contributed by atoms with E-state index in [4.69, 9.17) is 10.5 Å². The van der Waals surface area contributed by atoms with Crippen LogP contribution in [0.1, 0.15) is 62.5 Å². The molecule has 2 bridgehead atoms. The molecule has 3 heterocycles. The number of nitrogens with zero attached hydrogens (tertiary/aromatic N) is 2. The van der Waals surface area contributed by atoms with Crippen LogP contribution in [-0.4, -0.2) is 70.2 Å². The lowest BCUT2D eigenvalue weighted by Crippen LogP contribution is -2.44. The zero-order valence-electron chi connectivity index (χ0n) is 22.6. The number of esters is 1. The third-order valence-electron chi connectivity index (χ3n) is 6.75. The van der Waals surface area contributed by atoms with E-state index in [0.717, 1.165) is 5.57 Å². The van der Waals surface area contributed by atoms with E-state index in [1.165, 1.54) is 17.4 Å². The van der Waals surface area contributed by atoms with Crippen LogP contribution < -0.4 is 11.1 Å². The molecular formula is C28H40N4O5S. The third kappa shape index (κ3) is 8.34. The molecule has 2 amide bonds. The van der Waals surface area contributed by atoms with Crippen LogP contribution in [0.4, 0.5) is 0 Å². The summed E-state index contributed by atoms with van der Waals surface area (Å²) in [7, 11) is 0. The molecule has 0 aliphatic carbocycles. The monoisotopic (exact) mass is 544 g/mol. The predicted octanol–water partition coefficient (Wildman–Crippen LogP) is 2.76. The normalized spacial score (nSPS) is 29.4. The van der Waals surface area contributed by atoms with Crippen molar-refractivity contribution >= 4 is 29.1 Å². The van der Waals surface area contributed by atoms with Crippen LogP contribution in [0.3, 0.4) is 0 Å². The number of rotatable bonds is 1. The molecule has 1 aromatic rings. The van der Waals surface area contributed by atoms with Crippen LogP contribution in [0.2, 0.25) is 0 Å². The highest BCUT2D eigenvalue weighted by Gasteiger charge is 2.38. The molecule has 38 heavy (non-hydrogen) atoms. The number of allylic oxidation sites excluding steroid dienone is 2. The summed E-state index contributed by atoms with van der Waals surface area (Å²) < 4.78 is 5.93. The van der Waals surface area contributed by atoms with Crippen molar-refractivity contribution in [1.82, 2.24) is 15.2 Å². The summed E-state index contributed by atoms with van der Waals surface area (Å²) >= 11 is 1.35. The number of ether oxygens (including phenoxy) is 1. The highest BCUT2D eigenvalue weighted by Crippen LogP contribution is 2.26. The Morgan fingerprint density at radius 3 is 2.76 bits per heavy atom. The van der Waals surface area contributed by atoms with Gasteiger partial charge in [-0.15, -0.1) is 11.3 Å². The molecule has 0 radical (unpaired) electrons. The van der Waals surface area contributed by atoms with Crippen LogP contribution in [0.15, 0.2) is 41.3 Å². The van der Waals surface area contributed by atoms with E-state index in [1.54, 1.807) is 22.4 Å². The number of hydrogen-bond acceptors (Lipinski definition) is 8. The number of aromatic nitrogens is 1. The van der Waals surface area contributed by atoms with E-state index in [9.17, 15) is 19.5 Å². The Balaban J connectivity index is 1.85. The number of carbonyl (C=O) groups excluding carboxylic acids is 3. The molecule has 10 heteroatoms. The molecule has 2 aliphatic rings. The van der Waals surface area contributed by atoms with Crippen molar-refractivity contribution in [2.75, 3.05) is 13.1 Å². The zero-order chi connectivity index (χ0) is 27.8. The number of hydrogen-bond donors (Lipinski definition) is 3. The Hall–Kier alpha value is -2.82. The molecule has 0 aromatic carbocycles. The summed E-state index contributed by atoms with van der Waals surface area (Å²) in [5.41, 5.74) is 7.40. The van der Waals surface area contributed by atoms with Crippen molar-refractivity contribution in [3.05, 3.63) is 52.0 Å². The molecule has 1 saturated heterocycles. The first-order chi connectivity index (χ1) is 18.0. The van der Waals surface area contributed by atoms with Crippen molar-refractivity contribution in [3.63, 3.8) is 0 Å². The van der Waals surface area contributed by atoms with Crippen LogP contribution in [0.25, 0.3) is 0 Å². The Morgan fingerprint density at radius 1 is 1.26 bits per heavy atom. The number of aliphatic hydroxyl groups is 1. The molecule has 1 unspecified atom stereocenters. The molecule has 1 aromatic heterocycles. The second-order valence-corrected chi connectivity index (χ2v) is 11.4. The first-order valence-corrected chi connectivity index (χ1v) is 14.1. The Kier molecular flexibility index (Phi) is 10.8. The van der Waals surface area contributed by atoms with Gasteiger partial charge in [-0.2, -0.15) is 0 Å². The van der Waals surface area contributed by atoms with E-state index >= 15 is 0 Å². The van der Waals surface area contributed by atoms with E-state index in [0.29, 0.717) is 49.5 Å². The van der Waals surface area contributed by atoms with Crippen molar-refractivity contribution in [3.8, 4) is 0 Å². The average molecular weight is 545 g/mol. The SMILES string of the molecule is CC1=C[C@@H](O)CC(N)Cc2nc(cs2)C(=O)N2CCC[C@@H]2C(=O)O[C@H](C(C)C)[C@H](C)/C=C/C(=O)NCC=C1. The summed E-state index contributed by atoms with van der Waals surface area (Å²) in [6.45, 7) is 8.49. The fourth-order valence-electron chi connectivity index (χ4n) is 4.82. The predicted molar refractivity (Wildman–Crippen MR) is 147 cm³/mol. The first-order valence-electron chi connectivity index (χ1n) is 13.3. The first kappa shape index (κ1) is 29.7. The summed E-state index contributed by atoms with van der Waals surface area (Å²) in [5, 5.41) is 15.6. The molecule has 2 aliphatic heterocycles. The molecular weight excluding hydrogens is 504 g/mol. The summed E-state index contributed by atoms with van der Waals surface area (Å²) in [6, 6.07) is -1.02. The second kappa shape index (κ2) is 13.8. The van der Waals surface area contributed by atoms with Crippen LogP contribution >= 0.6 is 11.3 Å². The lowest BCUT2D eigenvalue weighted by atomic mass is 9.94. The van der Waals surface area contributed by atoms with Gasteiger partial charge in [0, 0.05) is 36.9 Å². The summed E-state index contributed by atoms with van der Waals surface area (Å²) in [4.78, 5) is 44.8. The summed E-state index contributed by atoms with van der Waals surface area (Å²) in [5.74, 6) is -1.17. The maximum Gasteiger partial charge on any atom is 0.329 e. The molecule has 3 rings (SSSR count). The fourth-order valence-corrected chi connectivity index (χ4v) is 5.69. The van der Waals surface area contributed by atoms with Gasteiger partial charge in [0.1, 0.15) is 17.8 Å². The molecule has 208 valence electrons. The Bertz CT molecular complexity index is 1080. The standard InChI is InChI=1S/C28H40N4O5S/c1-17(2)26-19(4)9-10-24(34)30-11-5-7-18(3)13-21(33)14-20(29)15-25-31-22(16-38-25)27(35)32-12-6-8-23(32)28(36)37-26/h5,7,9-10,13,16-17,19-21,23,26,33H,6,8,11-12,14-15,29H2,1-4H3,(H,30,34)/b7-5?,10-9+,18-13?/t19-,20?,21-,23-,26-/m1/s1. The van der Waals surface area contributed by atoms with E-state index < -0.39 is 24.2 Å². The minimum Gasteiger partial charge on any atom is -0.460 e. The van der Waals surface area contributed by atoms with Gasteiger partial charge in [-0.05, 0) is 38.2 Å². The second-order valence-electron chi connectivity index (χ2n) is 10.5. The number of thiazole rings is 1. The highest BCUT2D eigenvalue weighted by atomic mass is 32.1. The van der Waals surface area contributed by atoms with Crippen LogP contribution in [-0.2, 0) is 20.7 Å². The minimum atomic E-state index is -0.735. The topological polar surface area (TPSA) is 135 Å². The van der Waals surface area contributed by atoms with Crippen LogP contribution in [0, 0.1) is 11.8 Å². The fraction of sp³-hybridized carbons (Fsp3) is 0.571. The van der Waals surface area contributed by atoms with Crippen molar-refractivity contribution in [2.45, 2.75) is 77.7 Å². The number of nitrogens with two attached hydrogens (primary N) is 1. The maximum atomic E-state index is 13.3. The Labute approximate surface area is 228 Å². The lowest BCUT2D eigenvalue weighted by molar-refractivity contribution is -0.158. The van der Waals surface area contributed by atoms with Gasteiger partial charge in [-0.1, -0.05) is 50.6 Å². The average Bonchev–Trinajstić information content (AvgIpc) is 3.52. The molecule has 9 nitrogen and oxygen atoms in total. The smallest absolute Gasteiger partial charge is 0.329 e. The largest absolute Gasteiger partial charge is 0.460 e. The maximum absolute atomic E-state index is 13.3. The minimum absolute atomic E-state index is 0.0139. The van der Waals surface area contributed by atoms with Gasteiger partial charge in [0.2, 0.25) is 5.91 Å². The lowest BCUT2D eigenvalue weighted by Gasteiger charge is -2.29. The van der Waals surface area contributed by atoms with E-state index in [-0.39, 0.29) is 29.7 Å². The van der Waals surface area contributed by atoms with Crippen molar-refractivity contribution < 1.29 is 24.2 Å². The van der Waals surface area contributed by atoms with Gasteiger partial charge < -0.3 is 25.8 Å². The Morgan fingerprint density at radius 2 is 2.03 bits per heavy atom. The van der Waals surface area contributed by atoms with Gasteiger partial charge in [0.25, 0.3) is 5.91 Å². The quantitative estimate of drug-likeness (QED) is 0.463. The van der Waals surface area contributed by atoms with E-state index in [2.05, 4.69) is 10.3 Å². The van der Waals surface area contributed by atoms with Crippen LogP contribution in [0.5, 0.6) is 0 Å². The van der Waals surface area contributed by atoms with Crippen molar-refractivity contribution in [1.29, 1.82) is 0 Å². The molecule has 5 atom stereocenters. The van der Waals surface area contributed by atoms with E-state index in [1.807, 2.05) is 39.8 Å². The number of carbonyl (C=O) groups is 3. The highest BCUT2D eigenvalue weighted by molar-refractivity contribution is 7.09. The number of nitrogens with one attached hydrogen (secondary N) is 1. The number of aliphatic hydroxyl groups excluding tert-OH is 1. The number of fused-ring (bicyclic) bond motifs is 3. The summed E-state index contributed by atoms with van der Waals surface area (Å²) in [6.07, 6.45) is 9.38. The van der Waals surface area contributed by atoms with Crippen molar-refractivity contribution in [2.24, 2.45) is 17.6 Å². The molecule has 4 N–H and O–H groups in total. The van der Waals surface area contributed by atoms with Gasteiger partial charge in [-0.3, -0.25) is 9.59 Å². The zero-order valence-corrected chi connectivity index (χ0v) is 23.4. The number of cyclic esters (lactones) is 1.